The van der Waals surface area contributed by atoms with Gasteiger partial charge < -0.3 is 4.42 Å². The van der Waals surface area contributed by atoms with Gasteiger partial charge in [0.05, 0.1) is 5.69 Å². The van der Waals surface area contributed by atoms with Crippen molar-refractivity contribution in [2.24, 2.45) is 10.8 Å². The van der Waals surface area contributed by atoms with Gasteiger partial charge in [0, 0.05) is 34.9 Å². The second kappa shape index (κ2) is 10.2. The highest BCUT2D eigenvalue weighted by atomic mass is 16.3. The summed E-state index contributed by atoms with van der Waals surface area (Å²) in [5.74, 6) is -0.600. The standard InChI is InChI=1S/C41H41NO/c1-26-20-37(42-24-27(26)2)36-15-9-14-35-34-13-8-12-33(38(34)43-39(35)36)31-11-7-10-30(21-31)28-16-18-29(19-17-28)32-22-40(3,4)25-41(5,6)23-32/h7-21,24,32H,22-23,25H2,1-6H3/i1D,2D3,32D. The minimum absolute atomic E-state index is 0.107. The lowest BCUT2D eigenvalue weighted by Crippen LogP contribution is -2.32. The van der Waals surface area contributed by atoms with Crippen molar-refractivity contribution in [2.75, 3.05) is 0 Å². The van der Waals surface area contributed by atoms with Crippen LogP contribution in [0, 0.1) is 24.6 Å². The highest BCUT2D eigenvalue weighted by molar-refractivity contribution is 6.12. The van der Waals surface area contributed by atoms with Crippen molar-refractivity contribution in [3.8, 4) is 33.5 Å². The first-order valence-electron chi connectivity index (χ1n) is 17.8. The largest absolute Gasteiger partial charge is 0.455 e. The van der Waals surface area contributed by atoms with Gasteiger partial charge in [-0.1, -0.05) is 100 Å². The predicted molar refractivity (Wildman–Crippen MR) is 181 cm³/mol. The molecule has 0 bridgehead atoms. The summed E-state index contributed by atoms with van der Waals surface area (Å²) in [6.45, 7) is 6.71. The van der Waals surface area contributed by atoms with Gasteiger partial charge in [0.1, 0.15) is 11.2 Å². The molecule has 1 fully saturated rings. The first-order valence-corrected chi connectivity index (χ1v) is 15.1. The van der Waals surface area contributed by atoms with Crippen LogP contribution in [0.3, 0.4) is 0 Å². The normalized spacial score (nSPS) is 19.3. The molecule has 0 unspecified atom stereocenters. The van der Waals surface area contributed by atoms with Crippen molar-refractivity contribution >= 4 is 21.9 Å². The van der Waals surface area contributed by atoms with Crippen LogP contribution in [0.5, 0.6) is 0 Å². The molecule has 1 aliphatic rings. The Bertz CT molecular complexity index is 2140. The molecular weight excluding hydrogens is 522 g/mol. The minimum atomic E-state index is -2.33. The van der Waals surface area contributed by atoms with Gasteiger partial charge in [-0.3, -0.25) is 4.98 Å². The van der Waals surface area contributed by atoms with Crippen LogP contribution in [-0.2, 0) is 0 Å². The fourth-order valence-electron chi connectivity index (χ4n) is 7.50. The van der Waals surface area contributed by atoms with Crippen molar-refractivity contribution in [3.05, 3.63) is 114 Å². The molecule has 0 atom stereocenters. The molecule has 0 N–H and O–H groups in total. The Morgan fingerprint density at radius 2 is 1.37 bits per heavy atom. The van der Waals surface area contributed by atoms with Crippen LogP contribution >= 0.6 is 0 Å². The number of para-hydroxylation sites is 2. The molecule has 0 spiro atoms. The third-order valence-corrected chi connectivity index (χ3v) is 8.93. The van der Waals surface area contributed by atoms with E-state index < -0.39 is 12.7 Å². The first-order chi connectivity index (χ1) is 22.7. The number of nitrogens with zero attached hydrogens (tertiary/aromatic N) is 1. The summed E-state index contributed by atoms with van der Waals surface area (Å²) in [6.07, 6.45) is 4.22. The maximum atomic E-state index is 9.50. The number of hydrogen-bond acceptors (Lipinski definition) is 2. The lowest BCUT2D eigenvalue weighted by molar-refractivity contribution is 0.0969. The van der Waals surface area contributed by atoms with Crippen molar-refractivity contribution in [3.63, 3.8) is 0 Å². The molecule has 2 nitrogen and oxygen atoms in total. The van der Waals surface area contributed by atoms with E-state index in [0.717, 1.165) is 69.0 Å². The number of aryl methyl sites for hydroxylation is 2. The van der Waals surface area contributed by atoms with E-state index in [2.05, 4.69) is 93.3 Å². The van der Waals surface area contributed by atoms with Gasteiger partial charge in [-0.2, -0.15) is 0 Å². The molecule has 2 aromatic heterocycles. The van der Waals surface area contributed by atoms with Crippen LogP contribution in [0.15, 0.2) is 102 Å². The molecule has 2 heteroatoms. The molecule has 6 aromatic rings. The summed E-state index contributed by atoms with van der Waals surface area (Å²) in [5, 5.41) is 1.93. The minimum Gasteiger partial charge on any atom is -0.455 e. The van der Waals surface area contributed by atoms with E-state index >= 15 is 0 Å². The third-order valence-electron chi connectivity index (χ3n) is 8.93. The van der Waals surface area contributed by atoms with Gasteiger partial charge in [0.2, 0.25) is 0 Å². The van der Waals surface area contributed by atoms with E-state index in [0.29, 0.717) is 16.8 Å². The fourth-order valence-corrected chi connectivity index (χ4v) is 7.50. The lowest BCUT2D eigenvalue weighted by Gasteiger charge is -2.45. The zero-order valence-corrected chi connectivity index (χ0v) is 25.4. The van der Waals surface area contributed by atoms with Gasteiger partial charge in [0.15, 0.2) is 0 Å². The van der Waals surface area contributed by atoms with Gasteiger partial charge in [-0.15, -0.1) is 0 Å². The van der Waals surface area contributed by atoms with Crippen LogP contribution in [0.25, 0.3) is 55.4 Å². The second-order valence-electron chi connectivity index (χ2n) is 13.8. The SMILES string of the molecule is [2H]Cc1cc(-c2cccc3c2oc2c(-c4cccc(-c5ccc(C6([2H])CC(C)(C)CC(C)(C)C6)cc5)c4)cccc23)ncc1C([2H])([2H])[2H]. The molecule has 0 amide bonds. The summed E-state index contributed by atoms with van der Waals surface area (Å²) in [6, 6.07) is 30.9. The molecule has 43 heavy (non-hydrogen) atoms. The number of benzene rings is 4. The van der Waals surface area contributed by atoms with E-state index in [1.54, 1.807) is 6.07 Å². The van der Waals surface area contributed by atoms with Gasteiger partial charge in [-0.05, 0) is 101 Å². The predicted octanol–water partition coefficient (Wildman–Crippen LogP) is 11.9. The average Bonchev–Trinajstić information content (AvgIpc) is 3.42. The van der Waals surface area contributed by atoms with Crippen LogP contribution < -0.4 is 0 Å². The third kappa shape index (κ3) is 5.18. The lowest BCUT2D eigenvalue weighted by atomic mass is 9.60. The van der Waals surface area contributed by atoms with E-state index in [9.17, 15) is 1.37 Å². The summed E-state index contributed by atoms with van der Waals surface area (Å²) in [7, 11) is 0. The summed E-state index contributed by atoms with van der Waals surface area (Å²) in [4.78, 5) is 4.51. The van der Waals surface area contributed by atoms with Crippen molar-refractivity contribution in [2.45, 2.75) is 66.6 Å². The van der Waals surface area contributed by atoms with E-state index in [-0.39, 0.29) is 23.3 Å². The Labute approximate surface area is 262 Å². The molecule has 4 aromatic carbocycles. The fraction of sp³-hybridized carbons (Fsp3) is 0.293. The Balaban J connectivity index is 1.26. The first kappa shape index (κ1) is 22.4. The Kier molecular flexibility index (Phi) is 5.32. The molecular formula is C41H41NO. The van der Waals surface area contributed by atoms with Gasteiger partial charge in [-0.25, -0.2) is 0 Å². The van der Waals surface area contributed by atoms with E-state index in [4.69, 9.17) is 9.90 Å². The number of hydrogen-bond donors (Lipinski definition) is 0. The second-order valence-corrected chi connectivity index (χ2v) is 13.8. The number of aromatic nitrogens is 1. The highest BCUT2D eigenvalue weighted by Gasteiger charge is 2.38. The van der Waals surface area contributed by atoms with Crippen LogP contribution in [0.4, 0.5) is 0 Å². The Morgan fingerprint density at radius 1 is 0.721 bits per heavy atom. The van der Waals surface area contributed by atoms with Crippen molar-refractivity contribution in [1.29, 1.82) is 0 Å². The maximum absolute atomic E-state index is 9.50. The molecule has 1 saturated carbocycles. The monoisotopic (exact) mass is 568 g/mol. The Morgan fingerprint density at radius 3 is 2.07 bits per heavy atom. The molecule has 0 aliphatic heterocycles. The quantitative estimate of drug-likeness (QED) is 0.211. The van der Waals surface area contributed by atoms with Crippen molar-refractivity contribution < 1.29 is 11.3 Å². The highest BCUT2D eigenvalue weighted by Crippen LogP contribution is 2.52. The van der Waals surface area contributed by atoms with Gasteiger partial charge in [0.25, 0.3) is 0 Å². The molecule has 216 valence electrons. The van der Waals surface area contributed by atoms with Gasteiger partial charge >= 0.3 is 0 Å². The van der Waals surface area contributed by atoms with Crippen LogP contribution in [-0.4, -0.2) is 4.98 Å². The number of fused-ring (bicyclic) bond motifs is 3. The number of rotatable bonds is 4. The molecule has 0 radical (unpaired) electrons. The topological polar surface area (TPSA) is 26.0 Å². The van der Waals surface area contributed by atoms with E-state index in [1.165, 1.54) is 6.20 Å². The molecule has 0 saturated heterocycles. The summed E-state index contributed by atoms with van der Waals surface area (Å²) >= 11 is 0. The zero-order valence-electron chi connectivity index (χ0n) is 30.4. The Hall–Kier alpha value is -4.17. The number of furan rings is 1. The number of pyridine rings is 1. The molecule has 2 heterocycles. The van der Waals surface area contributed by atoms with E-state index in [1.807, 2.05) is 24.3 Å². The molecule has 1 aliphatic carbocycles. The van der Waals surface area contributed by atoms with Crippen LogP contribution in [0.1, 0.15) is 76.4 Å². The smallest absolute Gasteiger partial charge is 0.144 e. The maximum Gasteiger partial charge on any atom is 0.144 e. The summed E-state index contributed by atoms with van der Waals surface area (Å²) < 4.78 is 47.6. The zero-order chi connectivity index (χ0) is 34.1. The molecule has 7 rings (SSSR count). The van der Waals surface area contributed by atoms with Crippen LogP contribution in [0.2, 0.25) is 0 Å². The average molecular weight is 569 g/mol. The summed E-state index contributed by atoms with van der Waals surface area (Å²) in [5.41, 5.74) is 8.87. The van der Waals surface area contributed by atoms with Crippen molar-refractivity contribution in [1.82, 2.24) is 4.98 Å².